The Hall–Kier alpha value is -3.70. The smallest absolute Gasteiger partial charge is 0.371 e. The third-order valence-electron chi connectivity index (χ3n) is 6.54. The van der Waals surface area contributed by atoms with Gasteiger partial charge in [-0.3, -0.25) is 9.36 Å². The molecule has 33 heavy (non-hydrogen) atoms. The van der Waals surface area contributed by atoms with Crippen molar-refractivity contribution in [3.05, 3.63) is 64.6 Å². The van der Waals surface area contributed by atoms with E-state index in [2.05, 4.69) is 25.0 Å². The van der Waals surface area contributed by atoms with Gasteiger partial charge in [-0.25, -0.2) is 9.97 Å². The number of halogens is 3. The van der Waals surface area contributed by atoms with Gasteiger partial charge in [-0.05, 0) is 36.1 Å². The molecule has 0 N–H and O–H groups in total. The molecule has 4 heterocycles. The molecule has 0 bridgehead atoms. The van der Waals surface area contributed by atoms with E-state index in [-0.39, 0.29) is 18.0 Å². The third-order valence-corrected chi connectivity index (χ3v) is 6.54. The van der Waals surface area contributed by atoms with Crippen molar-refractivity contribution < 1.29 is 17.7 Å². The lowest BCUT2D eigenvalue weighted by molar-refractivity contribution is -0.137. The molecular formula is C21H18F3N7O2. The van der Waals surface area contributed by atoms with Crippen LogP contribution in [0.4, 0.5) is 18.9 Å². The monoisotopic (exact) mass is 457 g/mol. The number of rotatable bonds is 4. The molecule has 12 heteroatoms. The first-order valence-electron chi connectivity index (χ1n) is 10.4. The van der Waals surface area contributed by atoms with E-state index in [4.69, 9.17) is 4.52 Å². The Morgan fingerprint density at radius 3 is 2.48 bits per heavy atom. The second-order valence-electron chi connectivity index (χ2n) is 8.55. The van der Waals surface area contributed by atoms with Gasteiger partial charge in [0.25, 0.3) is 5.56 Å². The molecule has 1 aromatic carbocycles. The second kappa shape index (κ2) is 6.90. The molecule has 170 valence electrons. The molecule has 0 spiro atoms. The molecule has 1 saturated carbocycles. The first-order valence-corrected chi connectivity index (χ1v) is 10.4. The largest absolute Gasteiger partial charge is 0.416 e. The third kappa shape index (κ3) is 3.28. The van der Waals surface area contributed by atoms with Gasteiger partial charge in [0.05, 0.1) is 11.9 Å². The van der Waals surface area contributed by atoms with Gasteiger partial charge in [0.2, 0.25) is 5.89 Å². The topological polar surface area (TPSA) is 94.9 Å². The van der Waals surface area contributed by atoms with Gasteiger partial charge >= 0.3 is 6.18 Å². The predicted molar refractivity (Wildman–Crippen MR) is 110 cm³/mol. The second-order valence-corrected chi connectivity index (χ2v) is 8.55. The molecule has 0 radical (unpaired) electrons. The number of alkyl halides is 3. The highest BCUT2D eigenvalue weighted by Crippen LogP contribution is 2.58. The summed E-state index contributed by atoms with van der Waals surface area (Å²) >= 11 is 0. The standard InChI is InChI=1S/C21H18F3N7O2/c1-29-9-25-19-17(29)20(32)31(10-26-19)8-15-27-18(28-33-15)16-13-6-30(7-14(13)16)12-4-2-11(3-5-12)21(22,23)24/h2-5,9-10,13-14,16H,6-8H2,1H3/t13-,14+,16?. The fourth-order valence-electron chi connectivity index (χ4n) is 4.78. The van der Waals surface area contributed by atoms with Gasteiger partial charge in [0.1, 0.15) is 12.9 Å². The summed E-state index contributed by atoms with van der Waals surface area (Å²) in [6.45, 7) is 1.57. The van der Waals surface area contributed by atoms with E-state index in [1.807, 2.05) is 0 Å². The Bertz CT molecular complexity index is 1390. The molecule has 2 aliphatic rings. The van der Waals surface area contributed by atoms with Crippen LogP contribution < -0.4 is 10.5 Å². The molecule has 9 nitrogen and oxygen atoms in total. The van der Waals surface area contributed by atoms with Gasteiger partial charge < -0.3 is 14.0 Å². The van der Waals surface area contributed by atoms with E-state index in [9.17, 15) is 18.0 Å². The summed E-state index contributed by atoms with van der Waals surface area (Å²) in [6, 6.07) is 5.25. The lowest BCUT2D eigenvalue weighted by Gasteiger charge is -2.22. The Morgan fingerprint density at radius 1 is 1.09 bits per heavy atom. The summed E-state index contributed by atoms with van der Waals surface area (Å²) in [7, 11) is 1.73. The van der Waals surface area contributed by atoms with Crippen LogP contribution in [0, 0.1) is 11.8 Å². The van der Waals surface area contributed by atoms with E-state index < -0.39 is 11.7 Å². The van der Waals surface area contributed by atoms with Crippen LogP contribution in [0.5, 0.6) is 0 Å². The van der Waals surface area contributed by atoms with Crippen LogP contribution in [0.2, 0.25) is 0 Å². The summed E-state index contributed by atoms with van der Waals surface area (Å²) in [5, 5.41) is 4.11. The first kappa shape index (κ1) is 19.9. The molecule has 0 amide bonds. The van der Waals surface area contributed by atoms with Crippen molar-refractivity contribution in [1.82, 2.24) is 29.2 Å². The quantitative estimate of drug-likeness (QED) is 0.465. The van der Waals surface area contributed by atoms with Crippen LogP contribution in [0.1, 0.15) is 23.2 Å². The van der Waals surface area contributed by atoms with Crippen LogP contribution in [-0.2, 0) is 19.8 Å². The number of piperidine rings is 1. The van der Waals surface area contributed by atoms with Crippen LogP contribution in [-0.4, -0.2) is 42.3 Å². The molecule has 6 rings (SSSR count). The molecular weight excluding hydrogens is 439 g/mol. The van der Waals surface area contributed by atoms with E-state index in [0.717, 1.165) is 30.9 Å². The van der Waals surface area contributed by atoms with Crippen LogP contribution in [0.25, 0.3) is 11.2 Å². The lowest BCUT2D eigenvalue weighted by atomic mass is 10.1. The molecule has 3 atom stereocenters. The number of imidazole rings is 1. The van der Waals surface area contributed by atoms with Crippen molar-refractivity contribution in [3.63, 3.8) is 0 Å². The zero-order valence-electron chi connectivity index (χ0n) is 17.4. The SMILES string of the molecule is Cn1cnc2ncn(Cc3nc(C4[C@H]5CN(c6ccc(C(F)(F)F)cc6)C[C@@H]45)no3)c(=O)c21. The van der Waals surface area contributed by atoms with Crippen molar-refractivity contribution in [2.24, 2.45) is 18.9 Å². The van der Waals surface area contributed by atoms with Gasteiger partial charge in [-0.1, -0.05) is 5.16 Å². The van der Waals surface area contributed by atoms with Gasteiger partial charge in [-0.2, -0.15) is 18.2 Å². The van der Waals surface area contributed by atoms with Gasteiger partial charge in [0.15, 0.2) is 17.0 Å². The van der Waals surface area contributed by atoms with Crippen molar-refractivity contribution in [3.8, 4) is 0 Å². The molecule has 1 saturated heterocycles. The average molecular weight is 457 g/mol. The number of fused-ring (bicyclic) bond motifs is 2. The normalized spacial score (nSPS) is 22.2. The van der Waals surface area contributed by atoms with Crippen molar-refractivity contribution in [2.45, 2.75) is 18.6 Å². The summed E-state index contributed by atoms with van der Waals surface area (Å²) in [5.41, 5.74) is 0.672. The summed E-state index contributed by atoms with van der Waals surface area (Å²) in [6.07, 6.45) is -1.39. The Kier molecular flexibility index (Phi) is 4.17. The maximum absolute atomic E-state index is 12.8. The minimum atomic E-state index is -4.34. The number of anilines is 1. The Morgan fingerprint density at radius 2 is 1.79 bits per heavy atom. The average Bonchev–Trinajstić information content (AvgIpc) is 3.20. The number of hydrogen-bond acceptors (Lipinski definition) is 7. The number of nitrogens with zero attached hydrogens (tertiary/aromatic N) is 7. The minimum absolute atomic E-state index is 0.111. The number of aryl methyl sites for hydroxylation is 1. The van der Waals surface area contributed by atoms with Gasteiger partial charge in [-0.15, -0.1) is 0 Å². The maximum Gasteiger partial charge on any atom is 0.416 e. The zero-order chi connectivity index (χ0) is 22.9. The fraction of sp³-hybridized carbons (Fsp3) is 0.381. The molecule has 4 aromatic rings. The molecule has 3 aromatic heterocycles. The van der Waals surface area contributed by atoms with Crippen LogP contribution in [0.3, 0.4) is 0 Å². The summed E-state index contributed by atoms with van der Waals surface area (Å²) in [4.78, 5) is 27.5. The number of aromatic nitrogens is 6. The minimum Gasteiger partial charge on any atom is -0.371 e. The summed E-state index contributed by atoms with van der Waals surface area (Å²) < 4.78 is 46.7. The van der Waals surface area contributed by atoms with Crippen LogP contribution >= 0.6 is 0 Å². The molecule has 1 aliphatic heterocycles. The number of benzene rings is 1. The van der Waals surface area contributed by atoms with Crippen molar-refractivity contribution in [1.29, 1.82) is 0 Å². The fourth-order valence-corrected chi connectivity index (χ4v) is 4.78. The van der Waals surface area contributed by atoms with Crippen LogP contribution in [0.15, 0.2) is 46.2 Å². The van der Waals surface area contributed by atoms with E-state index in [1.54, 1.807) is 11.6 Å². The van der Waals surface area contributed by atoms with Crippen molar-refractivity contribution >= 4 is 16.9 Å². The summed E-state index contributed by atoms with van der Waals surface area (Å²) in [5.74, 6) is 1.73. The predicted octanol–water partition coefficient (Wildman–Crippen LogP) is 2.43. The highest BCUT2D eigenvalue weighted by Gasteiger charge is 2.58. The number of hydrogen-bond donors (Lipinski definition) is 0. The Balaban J connectivity index is 1.13. The van der Waals surface area contributed by atoms with E-state index >= 15 is 0 Å². The molecule has 2 fully saturated rings. The lowest BCUT2D eigenvalue weighted by Crippen LogP contribution is -2.24. The highest BCUT2D eigenvalue weighted by molar-refractivity contribution is 5.68. The van der Waals surface area contributed by atoms with Gasteiger partial charge in [0, 0.05) is 31.7 Å². The highest BCUT2D eigenvalue weighted by atomic mass is 19.4. The molecule has 1 unspecified atom stereocenters. The van der Waals surface area contributed by atoms with E-state index in [0.29, 0.717) is 34.7 Å². The zero-order valence-corrected chi connectivity index (χ0v) is 17.4. The Labute approximate surface area is 184 Å². The molecule has 1 aliphatic carbocycles. The van der Waals surface area contributed by atoms with Crippen molar-refractivity contribution in [2.75, 3.05) is 18.0 Å². The van der Waals surface area contributed by atoms with E-state index in [1.165, 1.54) is 29.4 Å². The maximum atomic E-state index is 12.8. The first-order chi connectivity index (χ1) is 15.8.